The van der Waals surface area contributed by atoms with Gasteiger partial charge in [0.2, 0.25) is 0 Å². The first-order valence-electron chi connectivity index (χ1n) is 6.61. The molecule has 0 aliphatic heterocycles. The molecule has 0 saturated heterocycles. The maximum absolute atomic E-state index is 12.4. The van der Waals surface area contributed by atoms with Crippen molar-refractivity contribution in [2.75, 3.05) is 0 Å². The van der Waals surface area contributed by atoms with E-state index in [1.54, 1.807) is 18.2 Å². The fraction of sp³-hybridized carbons (Fsp3) is 0.133. The number of hydrogen-bond donors (Lipinski definition) is 1. The zero-order chi connectivity index (χ0) is 15.7. The SMILES string of the molecule is Cc1ccc2nc(S(=O)Cc3ccccc3[N+](=O)[O-])[nH]c2c1. The lowest BCUT2D eigenvalue weighted by Gasteiger charge is -2.01. The van der Waals surface area contributed by atoms with Crippen LogP contribution < -0.4 is 0 Å². The Hall–Kier alpha value is -2.54. The van der Waals surface area contributed by atoms with Gasteiger partial charge in [0, 0.05) is 11.6 Å². The highest BCUT2D eigenvalue weighted by Gasteiger charge is 2.17. The average Bonchev–Trinajstić information content (AvgIpc) is 2.90. The van der Waals surface area contributed by atoms with Gasteiger partial charge in [0.05, 0.1) is 32.5 Å². The van der Waals surface area contributed by atoms with Gasteiger partial charge in [-0.15, -0.1) is 0 Å². The zero-order valence-corrected chi connectivity index (χ0v) is 12.6. The number of nitrogens with zero attached hydrogens (tertiary/aromatic N) is 2. The summed E-state index contributed by atoms with van der Waals surface area (Å²) in [7, 11) is -1.47. The molecule has 2 aromatic carbocycles. The highest BCUT2D eigenvalue weighted by Crippen LogP contribution is 2.22. The Balaban J connectivity index is 1.92. The van der Waals surface area contributed by atoms with Crippen molar-refractivity contribution < 1.29 is 9.13 Å². The molecule has 0 spiro atoms. The van der Waals surface area contributed by atoms with Gasteiger partial charge in [-0.05, 0) is 24.6 Å². The summed E-state index contributed by atoms with van der Waals surface area (Å²) in [6.45, 7) is 1.96. The molecule has 0 aliphatic carbocycles. The smallest absolute Gasteiger partial charge is 0.273 e. The molecule has 6 nitrogen and oxygen atoms in total. The topological polar surface area (TPSA) is 88.9 Å². The molecule has 1 unspecified atom stereocenters. The lowest BCUT2D eigenvalue weighted by molar-refractivity contribution is -0.385. The summed E-state index contributed by atoms with van der Waals surface area (Å²) in [6, 6.07) is 12.0. The van der Waals surface area contributed by atoms with Crippen LogP contribution in [0.3, 0.4) is 0 Å². The van der Waals surface area contributed by atoms with Crippen molar-refractivity contribution in [3.05, 3.63) is 63.7 Å². The molecule has 3 rings (SSSR count). The molecule has 1 atom stereocenters. The van der Waals surface area contributed by atoms with Crippen LogP contribution in [0.15, 0.2) is 47.6 Å². The summed E-state index contributed by atoms with van der Waals surface area (Å²) < 4.78 is 12.4. The maximum atomic E-state index is 12.4. The number of para-hydroxylation sites is 1. The average molecular weight is 315 g/mol. The first-order valence-corrected chi connectivity index (χ1v) is 7.93. The number of benzene rings is 2. The van der Waals surface area contributed by atoms with Crippen LogP contribution in [0.4, 0.5) is 5.69 Å². The Morgan fingerprint density at radius 3 is 2.82 bits per heavy atom. The van der Waals surface area contributed by atoms with Crippen molar-refractivity contribution in [3.63, 3.8) is 0 Å². The van der Waals surface area contributed by atoms with Crippen LogP contribution in [-0.2, 0) is 16.6 Å². The molecule has 0 radical (unpaired) electrons. The van der Waals surface area contributed by atoms with Gasteiger partial charge in [0.15, 0.2) is 5.16 Å². The number of aromatic nitrogens is 2. The Kier molecular flexibility index (Phi) is 3.72. The second-order valence-electron chi connectivity index (χ2n) is 4.94. The number of nitro benzene ring substituents is 1. The van der Waals surface area contributed by atoms with Gasteiger partial charge in [-0.2, -0.15) is 0 Å². The highest BCUT2D eigenvalue weighted by molar-refractivity contribution is 7.84. The Morgan fingerprint density at radius 2 is 2.05 bits per heavy atom. The van der Waals surface area contributed by atoms with Crippen molar-refractivity contribution in [2.24, 2.45) is 0 Å². The van der Waals surface area contributed by atoms with Crippen molar-refractivity contribution in [1.82, 2.24) is 9.97 Å². The van der Waals surface area contributed by atoms with E-state index in [1.165, 1.54) is 6.07 Å². The van der Waals surface area contributed by atoms with E-state index >= 15 is 0 Å². The van der Waals surface area contributed by atoms with Gasteiger partial charge in [-0.1, -0.05) is 24.3 Å². The van der Waals surface area contributed by atoms with Crippen LogP contribution in [0.2, 0.25) is 0 Å². The minimum atomic E-state index is -1.47. The summed E-state index contributed by atoms with van der Waals surface area (Å²) in [6.07, 6.45) is 0. The lowest BCUT2D eigenvalue weighted by atomic mass is 10.2. The number of H-pyrrole nitrogens is 1. The predicted octanol–water partition coefficient (Wildman–Crippen LogP) is 3.09. The number of aromatic amines is 1. The van der Waals surface area contributed by atoms with E-state index in [0.29, 0.717) is 10.7 Å². The number of nitrogens with one attached hydrogen (secondary N) is 1. The van der Waals surface area contributed by atoms with Crippen LogP contribution in [0.1, 0.15) is 11.1 Å². The van der Waals surface area contributed by atoms with Gasteiger partial charge in [0.25, 0.3) is 5.69 Å². The van der Waals surface area contributed by atoms with Crippen LogP contribution in [0.5, 0.6) is 0 Å². The molecule has 0 bridgehead atoms. The van der Waals surface area contributed by atoms with Crippen LogP contribution in [0.25, 0.3) is 11.0 Å². The van der Waals surface area contributed by atoms with Gasteiger partial charge in [-0.25, -0.2) is 4.98 Å². The summed E-state index contributed by atoms with van der Waals surface area (Å²) in [5.41, 5.74) is 3.03. The van der Waals surface area contributed by atoms with Gasteiger partial charge in [-0.3, -0.25) is 14.3 Å². The van der Waals surface area contributed by atoms with E-state index in [9.17, 15) is 14.3 Å². The quantitative estimate of drug-likeness (QED) is 0.592. The molecule has 0 amide bonds. The van der Waals surface area contributed by atoms with E-state index in [-0.39, 0.29) is 11.4 Å². The van der Waals surface area contributed by atoms with Gasteiger partial charge >= 0.3 is 0 Å². The molecule has 0 aliphatic rings. The third kappa shape index (κ3) is 2.75. The highest BCUT2D eigenvalue weighted by atomic mass is 32.2. The van der Waals surface area contributed by atoms with E-state index in [0.717, 1.165) is 16.6 Å². The lowest BCUT2D eigenvalue weighted by Crippen LogP contribution is -2.02. The normalized spacial score (nSPS) is 12.4. The summed E-state index contributed by atoms with van der Waals surface area (Å²) in [5.74, 6) is 0.0515. The van der Waals surface area contributed by atoms with Crippen molar-refractivity contribution in [1.29, 1.82) is 0 Å². The number of rotatable bonds is 4. The first-order chi connectivity index (χ1) is 10.5. The second-order valence-corrected chi connectivity index (χ2v) is 6.30. The molecule has 0 fully saturated rings. The minimum absolute atomic E-state index is 0.0252. The number of hydrogen-bond acceptors (Lipinski definition) is 4. The number of imidazole rings is 1. The Labute approximate surface area is 128 Å². The monoisotopic (exact) mass is 315 g/mol. The largest absolute Gasteiger partial charge is 0.331 e. The first kappa shape index (κ1) is 14.4. The fourth-order valence-corrected chi connectivity index (χ4v) is 3.32. The van der Waals surface area contributed by atoms with Crippen LogP contribution >= 0.6 is 0 Å². The summed E-state index contributed by atoms with van der Waals surface area (Å²) in [4.78, 5) is 17.9. The van der Waals surface area contributed by atoms with Gasteiger partial charge < -0.3 is 4.98 Å². The fourth-order valence-electron chi connectivity index (χ4n) is 2.23. The molecular formula is C15H13N3O3S. The van der Waals surface area contributed by atoms with Gasteiger partial charge in [0.1, 0.15) is 0 Å². The van der Waals surface area contributed by atoms with Crippen molar-refractivity contribution >= 4 is 27.5 Å². The Morgan fingerprint density at radius 1 is 1.27 bits per heavy atom. The van der Waals surface area contributed by atoms with Crippen molar-refractivity contribution in [2.45, 2.75) is 17.8 Å². The molecule has 0 saturated carbocycles. The number of aryl methyl sites for hydroxylation is 1. The molecule has 1 N–H and O–H groups in total. The zero-order valence-electron chi connectivity index (χ0n) is 11.8. The molecule has 22 heavy (non-hydrogen) atoms. The van der Waals surface area contributed by atoms with E-state index in [4.69, 9.17) is 0 Å². The van der Waals surface area contributed by atoms with E-state index in [1.807, 2.05) is 25.1 Å². The second kappa shape index (κ2) is 5.69. The van der Waals surface area contributed by atoms with Crippen molar-refractivity contribution in [3.8, 4) is 0 Å². The third-order valence-corrected chi connectivity index (χ3v) is 4.50. The van der Waals surface area contributed by atoms with E-state index < -0.39 is 15.7 Å². The number of nitro groups is 1. The van der Waals surface area contributed by atoms with E-state index in [2.05, 4.69) is 9.97 Å². The molecular weight excluding hydrogens is 302 g/mol. The molecule has 7 heteroatoms. The minimum Gasteiger partial charge on any atom is -0.331 e. The molecule has 1 aromatic heterocycles. The maximum Gasteiger partial charge on any atom is 0.273 e. The summed E-state index contributed by atoms with van der Waals surface area (Å²) in [5, 5.41) is 11.3. The molecule has 112 valence electrons. The summed E-state index contributed by atoms with van der Waals surface area (Å²) >= 11 is 0. The Bertz CT molecular complexity index is 889. The number of fused-ring (bicyclic) bond motifs is 1. The van der Waals surface area contributed by atoms with Crippen LogP contribution in [-0.4, -0.2) is 19.1 Å². The molecule has 1 heterocycles. The molecule has 3 aromatic rings. The predicted molar refractivity (Wildman–Crippen MR) is 84.0 cm³/mol. The third-order valence-electron chi connectivity index (χ3n) is 3.31. The van der Waals surface area contributed by atoms with Crippen LogP contribution in [0, 0.1) is 17.0 Å². The standard InChI is InChI=1S/C15H13N3O3S/c1-10-6-7-12-13(8-10)17-15(16-12)22(21)9-11-4-2-3-5-14(11)18(19)20/h2-8H,9H2,1H3,(H,16,17).